The van der Waals surface area contributed by atoms with Crippen molar-refractivity contribution in [1.82, 2.24) is 9.80 Å². The van der Waals surface area contributed by atoms with Gasteiger partial charge in [0, 0.05) is 32.1 Å². The largest absolute Gasteiger partial charge is 0.460 e. The molecule has 0 spiro atoms. The fraction of sp³-hybridized carbons (Fsp3) is 0.300. The number of piperazine rings is 1. The monoisotopic (exact) mass is 513 g/mol. The van der Waals surface area contributed by atoms with E-state index in [2.05, 4.69) is 24.3 Å². The van der Waals surface area contributed by atoms with E-state index in [0.29, 0.717) is 26.2 Å². The third-order valence-corrected chi connectivity index (χ3v) is 7.15. The summed E-state index contributed by atoms with van der Waals surface area (Å²) < 4.78 is 11.0. The lowest BCUT2D eigenvalue weighted by Gasteiger charge is -2.34. The third kappa shape index (κ3) is 5.55. The van der Waals surface area contributed by atoms with E-state index in [-0.39, 0.29) is 37.6 Å². The lowest BCUT2D eigenvalue weighted by Crippen LogP contribution is -2.52. The van der Waals surface area contributed by atoms with Gasteiger partial charge in [-0.2, -0.15) is 0 Å². The fourth-order valence-electron chi connectivity index (χ4n) is 5.06. The lowest BCUT2D eigenvalue weighted by atomic mass is 9.98. The van der Waals surface area contributed by atoms with Crippen molar-refractivity contribution in [2.24, 2.45) is 5.73 Å². The van der Waals surface area contributed by atoms with Crippen LogP contribution in [0.5, 0.6) is 0 Å². The highest BCUT2D eigenvalue weighted by Gasteiger charge is 2.31. The van der Waals surface area contributed by atoms with E-state index in [4.69, 9.17) is 15.2 Å². The van der Waals surface area contributed by atoms with E-state index in [1.54, 1.807) is 9.80 Å². The van der Waals surface area contributed by atoms with Gasteiger partial charge in [-0.05, 0) is 27.8 Å². The third-order valence-electron chi connectivity index (χ3n) is 7.15. The van der Waals surface area contributed by atoms with E-state index < -0.39 is 12.0 Å². The van der Waals surface area contributed by atoms with E-state index >= 15 is 0 Å². The summed E-state index contributed by atoms with van der Waals surface area (Å²) >= 11 is 0. The predicted octanol–water partition coefficient (Wildman–Crippen LogP) is 3.54. The molecule has 1 aliphatic carbocycles. The summed E-state index contributed by atoms with van der Waals surface area (Å²) in [4.78, 5) is 41.0. The van der Waals surface area contributed by atoms with Crippen molar-refractivity contribution >= 4 is 18.0 Å². The van der Waals surface area contributed by atoms with Gasteiger partial charge >= 0.3 is 12.1 Å². The van der Waals surface area contributed by atoms with Crippen molar-refractivity contribution in [3.63, 3.8) is 0 Å². The summed E-state index contributed by atoms with van der Waals surface area (Å²) in [5.74, 6) is -0.849. The second kappa shape index (κ2) is 11.5. The summed E-state index contributed by atoms with van der Waals surface area (Å²) in [6, 6.07) is 24.7. The first-order valence-electron chi connectivity index (χ1n) is 12.8. The van der Waals surface area contributed by atoms with Crippen LogP contribution in [0, 0.1) is 0 Å². The molecule has 1 fully saturated rings. The number of hydrogen-bond donors (Lipinski definition) is 1. The Morgan fingerprint density at radius 2 is 1.32 bits per heavy atom. The Morgan fingerprint density at radius 1 is 0.763 bits per heavy atom. The van der Waals surface area contributed by atoms with E-state index in [1.807, 2.05) is 54.6 Å². The van der Waals surface area contributed by atoms with Gasteiger partial charge in [-0.3, -0.25) is 9.59 Å². The zero-order valence-corrected chi connectivity index (χ0v) is 21.1. The first-order chi connectivity index (χ1) is 18.5. The molecule has 3 aromatic rings. The standard InChI is InChI=1S/C30H31N3O5/c31-27(29(35)37-19-21-8-2-1-3-9-21)18-28(34)32-14-16-33(17-15-32)30(36)38-20-26-24-12-6-4-10-22(24)23-11-5-7-13-25(23)26/h1-13,26-27H,14-20,31H2/t27-/m1/s1. The van der Waals surface area contributed by atoms with Crippen molar-refractivity contribution in [2.75, 3.05) is 32.8 Å². The van der Waals surface area contributed by atoms with Crippen molar-refractivity contribution in [3.05, 3.63) is 95.6 Å². The van der Waals surface area contributed by atoms with Gasteiger partial charge in [-0.25, -0.2) is 4.79 Å². The molecule has 38 heavy (non-hydrogen) atoms. The molecular formula is C30H31N3O5. The maximum Gasteiger partial charge on any atom is 0.409 e. The smallest absolute Gasteiger partial charge is 0.409 e. The number of ether oxygens (including phenoxy) is 2. The maximum atomic E-state index is 12.8. The molecule has 1 aliphatic heterocycles. The number of hydrogen-bond acceptors (Lipinski definition) is 6. The average molecular weight is 514 g/mol. The number of amides is 2. The number of carbonyl (C=O) groups excluding carboxylic acids is 3. The van der Waals surface area contributed by atoms with Crippen molar-refractivity contribution < 1.29 is 23.9 Å². The molecule has 2 amide bonds. The summed E-state index contributed by atoms with van der Waals surface area (Å²) in [7, 11) is 0. The molecule has 1 heterocycles. The number of nitrogens with zero attached hydrogens (tertiary/aromatic N) is 2. The highest BCUT2D eigenvalue weighted by molar-refractivity contribution is 5.85. The number of carbonyl (C=O) groups is 3. The van der Waals surface area contributed by atoms with Crippen LogP contribution in [0.15, 0.2) is 78.9 Å². The number of nitrogens with two attached hydrogens (primary N) is 1. The van der Waals surface area contributed by atoms with Crippen LogP contribution in [0.25, 0.3) is 11.1 Å². The Bertz CT molecular complexity index is 1260. The fourth-order valence-corrected chi connectivity index (χ4v) is 5.06. The summed E-state index contributed by atoms with van der Waals surface area (Å²) in [6.45, 7) is 1.79. The summed E-state index contributed by atoms with van der Waals surface area (Å²) in [6.07, 6.45) is -0.529. The van der Waals surface area contributed by atoms with Crippen molar-refractivity contribution in [1.29, 1.82) is 0 Å². The first kappa shape index (κ1) is 25.5. The average Bonchev–Trinajstić information content (AvgIpc) is 3.28. The van der Waals surface area contributed by atoms with E-state index in [0.717, 1.165) is 16.7 Å². The Balaban J connectivity index is 1.07. The highest BCUT2D eigenvalue weighted by Crippen LogP contribution is 2.44. The number of fused-ring (bicyclic) bond motifs is 3. The Morgan fingerprint density at radius 3 is 1.95 bits per heavy atom. The molecule has 196 valence electrons. The van der Waals surface area contributed by atoms with E-state index in [9.17, 15) is 14.4 Å². The van der Waals surface area contributed by atoms with Crippen molar-refractivity contribution in [3.8, 4) is 11.1 Å². The minimum Gasteiger partial charge on any atom is -0.460 e. The molecule has 0 radical (unpaired) electrons. The van der Waals surface area contributed by atoms with Crippen LogP contribution in [0.4, 0.5) is 4.79 Å². The first-order valence-corrected chi connectivity index (χ1v) is 12.8. The Hall–Kier alpha value is -4.17. The second-order valence-corrected chi connectivity index (χ2v) is 9.58. The van der Waals surface area contributed by atoms with Crippen LogP contribution in [0.1, 0.15) is 29.0 Å². The molecule has 0 aromatic heterocycles. The molecule has 0 bridgehead atoms. The minimum absolute atomic E-state index is 0.00245. The minimum atomic E-state index is -1.04. The number of esters is 1. The van der Waals surface area contributed by atoms with Crippen LogP contribution in [0.2, 0.25) is 0 Å². The van der Waals surface area contributed by atoms with E-state index in [1.165, 1.54) is 11.1 Å². The van der Waals surface area contributed by atoms with Gasteiger partial charge in [0.05, 0.1) is 6.42 Å². The van der Waals surface area contributed by atoms with Crippen LogP contribution >= 0.6 is 0 Å². The van der Waals surface area contributed by atoms with Crippen LogP contribution < -0.4 is 5.73 Å². The van der Waals surface area contributed by atoms with Gasteiger partial charge in [0.2, 0.25) is 5.91 Å². The second-order valence-electron chi connectivity index (χ2n) is 9.58. The molecule has 5 rings (SSSR count). The molecule has 2 N–H and O–H groups in total. The normalized spacial score (nSPS) is 15.4. The molecule has 2 aliphatic rings. The maximum absolute atomic E-state index is 12.8. The van der Waals surface area contributed by atoms with Crippen LogP contribution in [-0.2, 0) is 25.7 Å². The van der Waals surface area contributed by atoms with Gasteiger partial charge < -0.3 is 25.0 Å². The van der Waals surface area contributed by atoms with Gasteiger partial charge in [-0.1, -0.05) is 78.9 Å². The molecule has 0 saturated carbocycles. The molecule has 0 unspecified atom stereocenters. The Labute approximate surface area is 221 Å². The molecular weight excluding hydrogens is 482 g/mol. The van der Waals surface area contributed by atoms with Crippen LogP contribution in [-0.4, -0.2) is 66.6 Å². The van der Waals surface area contributed by atoms with Gasteiger partial charge in [-0.15, -0.1) is 0 Å². The topological polar surface area (TPSA) is 102 Å². The van der Waals surface area contributed by atoms with Crippen LogP contribution in [0.3, 0.4) is 0 Å². The highest BCUT2D eigenvalue weighted by atomic mass is 16.6. The molecule has 8 nitrogen and oxygen atoms in total. The van der Waals surface area contributed by atoms with Gasteiger partial charge in [0.25, 0.3) is 0 Å². The summed E-state index contributed by atoms with van der Waals surface area (Å²) in [5, 5.41) is 0. The Kier molecular flexibility index (Phi) is 7.70. The number of rotatable bonds is 7. The van der Waals surface area contributed by atoms with Gasteiger partial charge in [0.15, 0.2) is 0 Å². The lowest BCUT2D eigenvalue weighted by molar-refractivity contribution is -0.149. The molecule has 8 heteroatoms. The molecule has 3 aromatic carbocycles. The molecule has 1 saturated heterocycles. The quantitative estimate of drug-likeness (QED) is 0.485. The zero-order valence-electron chi connectivity index (χ0n) is 21.1. The van der Waals surface area contributed by atoms with Crippen molar-refractivity contribution in [2.45, 2.75) is 25.0 Å². The molecule has 1 atom stereocenters. The SMILES string of the molecule is N[C@H](CC(=O)N1CCN(C(=O)OCC2c3ccccc3-c3ccccc32)CC1)C(=O)OCc1ccccc1. The van der Waals surface area contributed by atoms with Gasteiger partial charge in [0.1, 0.15) is 19.3 Å². The zero-order chi connectivity index (χ0) is 26.5. The predicted molar refractivity (Wildman–Crippen MR) is 142 cm³/mol. The number of benzene rings is 3. The summed E-state index contributed by atoms with van der Waals surface area (Å²) in [5.41, 5.74) is 11.5.